The van der Waals surface area contributed by atoms with Crippen molar-refractivity contribution < 1.29 is 0 Å². The van der Waals surface area contributed by atoms with Gasteiger partial charge in [-0.25, -0.2) is 9.67 Å². The lowest BCUT2D eigenvalue weighted by Gasteiger charge is -2.06. The van der Waals surface area contributed by atoms with Crippen LogP contribution in [0.15, 0.2) is 36.8 Å². The van der Waals surface area contributed by atoms with Crippen molar-refractivity contribution in [2.75, 3.05) is 0 Å². The molecule has 0 radical (unpaired) electrons. The maximum atomic E-state index is 4.26. The minimum atomic E-state index is 0.521. The molecule has 0 aliphatic heterocycles. The van der Waals surface area contributed by atoms with Crippen molar-refractivity contribution in [1.29, 1.82) is 0 Å². The maximum Gasteiger partial charge on any atom is 0.153 e. The molecule has 14 heavy (non-hydrogen) atoms. The van der Waals surface area contributed by atoms with Crippen LogP contribution in [0, 0.1) is 0 Å². The van der Waals surface area contributed by atoms with Gasteiger partial charge in [-0.05, 0) is 29.7 Å². The van der Waals surface area contributed by atoms with Gasteiger partial charge in [0.2, 0.25) is 0 Å². The van der Waals surface area contributed by atoms with Crippen LogP contribution in [0.4, 0.5) is 0 Å². The van der Waals surface area contributed by atoms with E-state index in [1.165, 1.54) is 5.56 Å². The molecule has 2 aromatic heterocycles. The van der Waals surface area contributed by atoms with Crippen molar-refractivity contribution in [2.24, 2.45) is 0 Å². The van der Waals surface area contributed by atoms with Gasteiger partial charge in [-0.2, -0.15) is 5.10 Å². The van der Waals surface area contributed by atoms with Crippen molar-refractivity contribution in [3.05, 3.63) is 42.4 Å². The summed E-state index contributed by atoms with van der Waals surface area (Å²) in [4.78, 5) is 4.26. The molecule has 2 heterocycles. The lowest BCUT2D eigenvalue weighted by Crippen LogP contribution is -1.99. The van der Waals surface area contributed by atoms with Crippen molar-refractivity contribution in [3.8, 4) is 5.82 Å². The van der Waals surface area contributed by atoms with Crippen LogP contribution in [0.5, 0.6) is 0 Å². The van der Waals surface area contributed by atoms with Crippen LogP contribution in [-0.4, -0.2) is 14.8 Å². The zero-order chi connectivity index (χ0) is 9.97. The third-order valence-corrected chi connectivity index (χ3v) is 2.18. The van der Waals surface area contributed by atoms with Crippen molar-refractivity contribution >= 4 is 0 Å². The van der Waals surface area contributed by atoms with Crippen LogP contribution in [-0.2, 0) is 0 Å². The van der Waals surface area contributed by atoms with Gasteiger partial charge in [0, 0.05) is 18.6 Å². The second kappa shape index (κ2) is 3.62. The molecule has 3 heteroatoms. The summed E-state index contributed by atoms with van der Waals surface area (Å²) >= 11 is 0. The van der Waals surface area contributed by atoms with Crippen LogP contribution < -0.4 is 0 Å². The predicted octanol–water partition coefficient (Wildman–Crippen LogP) is 2.39. The summed E-state index contributed by atoms with van der Waals surface area (Å²) < 4.78 is 1.77. The molecule has 0 aromatic carbocycles. The van der Waals surface area contributed by atoms with Gasteiger partial charge in [0.05, 0.1) is 0 Å². The highest BCUT2D eigenvalue weighted by Crippen LogP contribution is 2.15. The molecular formula is C11H13N3. The van der Waals surface area contributed by atoms with Gasteiger partial charge < -0.3 is 0 Å². The average Bonchev–Trinajstić information content (AvgIpc) is 2.71. The van der Waals surface area contributed by atoms with E-state index in [0.29, 0.717) is 5.92 Å². The number of pyridine rings is 1. The quantitative estimate of drug-likeness (QED) is 0.722. The molecule has 0 N–H and O–H groups in total. The first-order valence-electron chi connectivity index (χ1n) is 4.73. The first-order valence-corrected chi connectivity index (χ1v) is 4.73. The Morgan fingerprint density at radius 1 is 1.29 bits per heavy atom. The standard InChI is InChI=1S/C11H13N3/c1-9(2)10-4-6-12-11(8-10)14-7-3-5-13-14/h3-9H,1-2H3. The monoisotopic (exact) mass is 187 g/mol. The molecule has 0 bridgehead atoms. The first-order chi connectivity index (χ1) is 6.77. The van der Waals surface area contributed by atoms with E-state index >= 15 is 0 Å². The summed E-state index contributed by atoms with van der Waals surface area (Å²) in [6.45, 7) is 4.34. The van der Waals surface area contributed by atoms with Crippen LogP contribution in [0.3, 0.4) is 0 Å². The summed E-state index contributed by atoms with van der Waals surface area (Å²) in [5.74, 6) is 1.40. The van der Waals surface area contributed by atoms with Gasteiger partial charge in [-0.3, -0.25) is 0 Å². The van der Waals surface area contributed by atoms with Crippen molar-refractivity contribution in [2.45, 2.75) is 19.8 Å². The van der Waals surface area contributed by atoms with Crippen molar-refractivity contribution in [1.82, 2.24) is 14.8 Å². The van der Waals surface area contributed by atoms with Crippen LogP contribution in [0.2, 0.25) is 0 Å². The molecular weight excluding hydrogens is 174 g/mol. The molecule has 2 rings (SSSR count). The van der Waals surface area contributed by atoms with Gasteiger partial charge in [0.15, 0.2) is 5.82 Å². The second-order valence-corrected chi connectivity index (χ2v) is 3.55. The van der Waals surface area contributed by atoms with E-state index in [0.717, 1.165) is 5.82 Å². The van der Waals surface area contributed by atoms with E-state index in [1.807, 2.05) is 24.5 Å². The zero-order valence-corrected chi connectivity index (χ0v) is 8.38. The van der Waals surface area contributed by atoms with Crippen LogP contribution in [0.1, 0.15) is 25.3 Å². The molecule has 0 spiro atoms. The first kappa shape index (κ1) is 8.94. The maximum absolute atomic E-state index is 4.26. The Morgan fingerprint density at radius 2 is 2.14 bits per heavy atom. The molecule has 0 amide bonds. The van der Waals surface area contributed by atoms with Crippen LogP contribution in [0.25, 0.3) is 5.82 Å². The fourth-order valence-corrected chi connectivity index (χ4v) is 1.32. The highest BCUT2D eigenvalue weighted by molar-refractivity contribution is 5.28. The molecule has 3 nitrogen and oxygen atoms in total. The van der Waals surface area contributed by atoms with Gasteiger partial charge in [-0.1, -0.05) is 13.8 Å². The Labute approximate surface area is 83.4 Å². The average molecular weight is 187 g/mol. The number of hydrogen-bond acceptors (Lipinski definition) is 2. The lowest BCUT2D eigenvalue weighted by molar-refractivity contribution is 0.820. The topological polar surface area (TPSA) is 30.7 Å². The summed E-state index contributed by atoms with van der Waals surface area (Å²) in [7, 11) is 0. The summed E-state index contributed by atoms with van der Waals surface area (Å²) in [6, 6.07) is 6.00. The third-order valence-electron chi connectivity index (χ3n) is 2.18. The Balaban J connectivity index is 2.41. The van der Waals surface area contributed by atoms with E-state index < -0.39 is 0 Å². The molecule has 0 aliphatic carbocycles. The molecule has 2 aromatic rings. The molecule has 0 aliphatic rings. The highest BCUT2D eigenvalue weighted by atomic mass is 15.3. The largest absolute Gasteiger partial charge is 0.237 e. The lowest BCUT2D eigenvalue weighted by atomic mass is 10.1. The van der Waals surface area contributed by atoms with Gasteiger partial charge in [0.25, 0.3) is 0 Å². The Bertz CT molecular complexity index is 404. The molecule has 0 fully saturated rings. The van der Waals surface area contributed by atoms with Gasteiger partial charge >= 0.3 is 0 Å². The minimum absolute atomic E-state index is 0.521. The Hall–Kier alpha value is -1.64. The summed E-state index contributed by atoms with van der Waals surface area (Å²) in [5, 5.41) is 4.14. The van der Waals surface area contributed by atoms with E-state index in [1.54, 1.807) is 10.9 Å². The molecule has 72 valence electrons. The van der Waals surface area contributed by atoms with Gasteiger partial charge in [-0.15, -0.1) is 0 Å². The van der Waals surface area contributed by atoms with E-state index in [4.69, 9.17) is 0 Å². The number of aromatic nitrogens is 3. The van der Waals surface area contributed by atoms with Crippen LogP contribution >= 0.6 is 0 Å². The smallest absolute Gasteiger partial charge is 0.153 e. The fourth-order valence-electron chi connectivity index (χ4n) is 1.32. The van der Waals surface area contributed by atoms with Crippen molar-refractivity contribution in [3.63, 3.8) is 0 Å². The molecule has 0 atom stereocenters. The van der Waals surface area contributed by atoms with E-state index in [-0.39, 0.29) is 0 Å². The second-order valence-electron chi connectivity index (χ2n) is 3.55. The number of rotatable bonds is 2. The Morgan fingerprint density at radius 3 is 2.79 bits per heavy atom. The molecule has 0 unspecified atom stereocenters. The summed E-state index contributed by atoms with van der Waals surface area (Å²) in [5.41, 5.74) is 1.28. The zero-order valence-electron chi connectivity index (χ0n) is 8.38. The SMILES string of the molecule is CC(C)c1ccnc(-n2cccn2)c1. The summed E-state index contributed by atoms with van der Waals surface area (Å²) in [6.07, 6.45) is 5.47. The van der Waals surface area contributed by atoms with E-state index in [9.17, 15) is 0 Å². The highest BCUT2D eigenvalue weighted by Gasteiger charge is 2.02. The minimum Gasteiger partial charge on any atom is -0.237 e. The number of nitrogens with zero attached hydrogens (tertiary/aromatic N) is 3. The fraction of sp³-hybridized carbons (Fsp3) is 0.273. The van der Waals surface area contributed by atoms with E-state index in [2.05, 4.69) is 30.0 Å². The normalized spacial score (nSPS) is 10.8. The third kappa shape index (κ3) is 1.66. The number of hydrogen-bond donors (Lipinski definition) is 0. The predicted molar refractivity (Wildman–Crippen MR) is 55.4 cm³/mol. The Kier molecular flexibility index (Phi) is 2.31. The molecule has 0 saturated heterocycles. The van der Waals surface area contributed by atoms with Gasteiger partial charge in [0.1, 0.15) is 0 Å². The molecule has 0 saturated carbocycles.